The van der Waals surface area contributed by atoms with E-state index in [9.17, 15) is 18.0 Å². The van der Waals surface area contributed by atoms with Crippen molar-refractivity contribution in [3.05, 3.63) is 30.3 Å². The normalized spacial score (nSPS) is 18.4. The number of hydrogen-bond donors (Lipinski definition) is 2. The van der Waals surface area contributed by atoms with Crippen molar-refractivity contribution < 1.29 is 27.9 Å². The number of carbonyl (C=O) groups excluding carboxylic acids is 1. The third-order valence-corrected chi connectivity index (χ3v) is 5.05. The molecular formula is C20H28F3N3O3. The second kappa shape index (κ2) is 11.2. The lowest BCUT2D eigenvalue weighted by Crippen LogP contribution is -2.51. The fourth-order valence-corrected chi connectivity index (χ4v) is 3.62. The number of anilines is 1. The molecule has 2 fully saturated rings. The van der Waals surface area contributed by atoms with E-state index in [2.05, 4.69) is 27.2 Å². The van der Waals surface area contributed by atoms with Crippen LogP contribution in [0, 0.1) is 0 Å². The molecule has 0 spiro atoms. The SMILES string of the molecule is O=C(CN1CCNCC1)N(c1ccccc1)C1CCCCC1.O=C(O)C(F)(F)F. The standard InChI is InChI=1S/C18H27N3O.C2HF3O2/c22-18(15-20-13-11-19-12-14-20)21(16-7-3-1-4-8-16)17-9-5-2-6-10-17;3-2(4,5)1(6)7/h1,3-4,7-8,17,19H,2,5-6,9-15H2;(H,6,7). The van der Waals surface area contributed by atoms with E-state index >= 15 is 0 Å². The smallest absolute Gasteiger partial charge is 0.475 e. The minimum atomic E-state index is -5.08. The summed E-state index contributed by atoms with van der Waals surface area (Å²) in [5.41, 5.74) is 1.06. The molecule has 0 unspecified atom stereocenters. The van der Waals surface area contributed by atoms with Gasteiger partial charge in [-0.2, -0.15) is 13.2 Å². The van der Waals surface area contributed by atoms with E-state index in [1.165, 1.54) is 19.3 Å². The molecule has 9 heteroatoms. The summed E-state index contributed by atoms with van der Waals surface area (Å²) in [5.74, 6) is -2.49. The van der Waals surface area contributed by atoms with Gasteiger partial charge in [0.1, 0.15) is 0 Å². The maximum atomic E-state index is 13.0. The van der Waals surface area contributed by atoms with Crippen molar-refractivity contribution in [1.29, 1.82) is 0 Å². The molecule has 29 heavy (non-hydrogen) atoms. The van der Waals surface area contributed by atoms with Crippen LogP contribution in [-0.4, -0.2) is 66.8 Å². The minimum absolute atomic E-state index is 0.264. The molecule has 162 valence electrons. The van der Waals surface area contributed by atoms with Gasteiger partial charge in [-0.1, -0.05) is 37.5 Å². The van der Waals surface area contributed by atoms with Gasteiger partial charge in [-0.05, 0) is 25.0 Å². The van der Waals surface area contributed by atoms with Gasteiger partial charge in [0.2, 0.25) is 5.91 Å². The van der Waals surface area contributed by atoms with Gasteiger partial charge >= 0.3 is 12.1 Å². The quantitative estimate of drug-likeness (QED) is 0.791. The van der Waals surface area contributed by atoms with Crippen LogP contribution in [0.25, 0.3) is 0 Å². The van der Waals surface area contributed by atoms with E-state index in [0.717, 1.165) is 44.7 Å². The molecule has 1 aliphatic heterocycles. The van der Waals surface area contributed by atoms with Gasteiger partial charge in [0.15, 0.2) is 0 Å². The first-order valence-corrected chi connectivity index (χ1v) is 9.89. The van der Waals surface area contributed by atoms with E-state index < -0.39 is 12.1 Å². The summed E-state index contributed by atoms with van der Waals surface area (Å²) in [5, 5.41) is 10.5. The number of rotatable bonds is 4. The molecule has 0 aromatic heterocycles. The molecule has 1 heterocycles. The summed E-state index contributed by atoms with van der Waals surface area (Å²) in [4.78, 5) is 26.2. The van der Waals surface area contributed by atoms with E-state index in [1.807, 2.05) is 18.2 Å². The second-order valence-corrected chi connectivity index (χ2v) is 7.22. The average Bonchev–Trinajstić information content (AvgIpc) is 2.70. The summed E-state index contributed by atoms with van der Waals surface area (Å²) < 4.78 is 31.7. The van der Waals surface area contributed by atoms with E-state index in [-0.39, 0.29) is 5.91 Å². The predicted octanol–water partition coefficient (Wildman–Crippen LogP) is 2.89. The number of halogens is 3. The summed E-state index contributed by atoms with van der Waals surface area (Å²) >= 11 is 0. The highest BCUT2D eigenvalue weighted by Gasteiger charge is 2.38. The third kappa shape index (κ3) is 7.66. The number of nitrogens with zero attached hydrogens (tertiary/aromatic N) is 2. The molecule has 0 atom stereocenters. The van der Waals surface area contributed by atoms with Gasteiger partial charge in [0.25, 0.3) is 0 Å². The average molecular weight is 415 g/mol. The van der Waals surface area contributed by atoms with Crippen LogP contribution < -0.4 is 10.2 Å². The summed E-state index contributed by atoms with van der Waals surface area (Å²) in [6.45, 7) is 4.47. The number of alkyl halides is 3. The number of hydrogen-bond acceptors (Lipinski definition) is 4. The molecule has 2 N–H and O–H groups in total. The van der Waals surface area contributed by atoms with Gasteiger partial charge in [-0.15, -0.1) is 0 Å². The summed E-state index contributed by atoms with van der Waals surface area (Å²) in [7, 11) is 0. The number of carbonyl (C=O) groups is 2. The Kier molecular flexibility index (Phi) is 8.91. The van der Waals surface area contributed by atoms with Crippen molar-refractivity contribution in [2.24, 2.45) is 0 Å². The zero-order valence-electron chi connectivity index (χ0n) is 16.3. The fraction of sp³-hybridized carbons (Fsp3) is 0.600. The van der Waals surface area contributed by atoms with Crippen molar-refractivity contribution in [3.63, 3.8) is 0 Å². The Morgan fingerprint density at radius 1 is 1.07 bits per heavy atom. The highest BCUT2D eigenvalue weighted by Crippen LogP contribution is 2.27. The van der Waals surface area contributed by atoms with Crippen molar-refractivity contribution in [3.8, 4) is 0 Å². The first-order chi connectivity index (χ1) is 13.8. The highest BCUT2D eigenvalue weighted by molar-refractivity contribution is 5.95. The van der Waals surface area contributed by atoms with Gasteiger partial charge < -0.3 is 15.3 Å². The van der Waals surface area contributed by atoms with Crippen LogP contribution in [0.3, 0.4) is 0 Å². The lowest BCUT2D eigenvalue weighted by atomic mass is 9.93. The van der Waals surface area contributed by atoms with Gasteiger partial charge in [0.05, 0.1) is 6.54 Å². The second-order valence-electron chi connectivity index (χ2n) is 7.22. The molecule has 0 radical (unpaired) electrons. The lowest BCUT2D eigenvalue weighted by Gasteiger charge is -2.36. The third-order valence-electron chi connectivity index (χ3n) is 5.05. The van der Waals surface area contributed by atoms with Crippen LogP contribution in [0.15, 0.2) is 30.3 Å². The molecule has 1 aromatic rings. The minimum Gasteiger partial charge on any atom is -0.475 e. The summed E-state index contributed by atoms with van der Waals surface area (Å²) in [6, 6.07) is 10.6. The molecule has 1 saturated heterocycles. The maximum absolute atomic E-state index is 13.0. The van der Waals surface area contributed by atoms with Crippen LogP contribution in [0.2, 0.25) is 0 Å². The van der Waals surface area contributed by atoms with Gasteiger partial charge in [-0.25, -0.2) is 4.79 Å². The van der Waals surface area contributed by atoms with Crippen LogP contribution in [0.4, 0.5) is 18.9 Å². The Bertz CT molecular complexity index is 643. The van der Waals surface area contributed by atoms with Crippen LogP contribution >= 0.6 is 0 Å². The Morgan fingerprint density at radius 2 is 1.62 bits per heavy atom. The predicted molar refractivity (Wildman–Crippen MR) is 104 cm³/mol. The zero-order valence-corrected chi connectivity index (χ0v) is 16.3. The van der Waals surface area contributed by atoms with Crippen LogP contribution in [0.1, 0.15) is 32.1 Å². The van der Waals surface area contributed by atoms with Crippen molar-refractivity contribution in [2.75, 3.05) is 37.6 Å². The van der Waals surface area contributed by atoms with Crippen molar-refractivity contribution in [2.45, 2.75) is 44.3 Å². The van der Waals surface area contributed by atoms with Gasteiger partial charge in [0, 0.05) is 37.9 Å². The number of piperazine rings is 1. The Morgan fingerprint density at radius 3 is 2.14 bits per heavy atom. The first kappa shape index (κ1) is 23.2. The fourth-order valence-electron chi connectivity index (χ4n) is 3.62. The monoisotopic (exact) mass is 415 g/mol. The molecule has 6 nitrogen and oxygen atoms in total. The number of nitrogens with one attached hydrogen (secondary N) is 1. The van der Waals surface area contributed by atoms with E-state index in [4.69, 9.17) is 9.90 Å². The molecule has 1 saturated carbocycles. The number of benzene rings is 1. The molecule has 1 aliphatic carbocycles. The Hall–Kier alpha value is -2.13. The number of amides is 1. The molecule has 1 amide bonds. The number of carboxylic acid groups (broad SMARTS) is 1. The Labute approximate surface area is 168 Å². The van der Waals surface area contributed by atoms with Crippen LogP contribution in [0.5, 0.6) is 0 Å². The van der Waals surface area contributed by atoms with E-state index in [0.29, 0.717) is 12.6 Å². The molecule has 2 aliphatic rings. The molecule has 3 rings (SSSR count). The molecule has 1 aromatic carbocycles. The summed E-state index contributed by atoms with van der Waals surface area (Å²) in [6.07, 6.45) is 0.999. The topological polar surface area (TPSA) is 72.9 Å². The Balaban J connectivity index is 0.000000370. The number of carboxylic acids is 1. The maximum Gasteiger partial charge on any atom is 0.490 e. The molecular weight excluding hydrogens is 387 g/mol. The number of aliphatic carboxylic acids is 1. The lowest BCUT2D eigenvalue weighted by molar-refractivity contribution is -0.192. The largest absolute Gasteiger partial charge is 0.490 e. The molecule has 0 bridgehead atoms. The van der Waals surface area contributed by atoms with Gasteiger partial charge in [-0.3, -0.25) is 9.69 Å². The van der Waals surface area contributed by atoms with Crippen molar-refractivity contribution in [1.82, 2.24) is 10.2 Å². The van der Waals surface area contributed by atoms with E-state index in [1.54, 1.807) is 0 Å². The zero-order chi connectivity index (χ0) is 21.3. The first-order valence-electron chi connectivity index (χ1n) is 9.89. The van der Waals surface area contributed by atoms with Crippen LogP contribution in [-0.2, 0) is 9.59 Å². The highest BCUT2D eigenvalue weighted by atomic mass is 19.4. The number of para-hydroxylation sites is 1. The van der Waals surface area contributed by atoms with Crippen molar-refractivity contribution >= 4 is 17.6 Å².